The maximum atomic E-state index is 12.4. The summed E-state index contributed by atoms with van der Waals surface area (Å²) in [5.74, 6) is -1.16. The Morgan fingerprint density at radius 3 is 2.50 bits per heavy atom. The Labute approximate surface area is 107 Å². The molecule has 1 heterocycles. The van der Waals surface area contributed by atoms with Crippen LogP contribution in [0.1, 0.15) is 44.9 Å². The van der Waals surface area contributed by atoms with E-state index in [0.29, 0.717) is 25.8 Å². The molecule has 1 aliphatic heterocycles. The number of aliphatic hydroxyl groups excluding tert-OH is 1. The van der Waals surface area contributed by atoms with E-state index in [4.69, 9.17) is 5.11 Å². The Bertz CT molecular complexity index is 338. The fourth-order valence-electron chi connectivity index (χ4n) is 3.05. The van der Waals surface area contributed by atoms with Gasteiger partial charge in [0.2, 0.25) is 5.91 Å². The number of hydrogen-bond acceptors (Lipinski definition) is 3. The number of amides is 1. The van der Waals surface area contributed by atoms with Crippen LogP contribution in [0.15, 0.2) is 0 Å². The van der Waals surface area contributed by atoms with Gasteiger partial charge in [-0.15, -0.1) is 0 Å². The molecule has 1 amide bonds. The fourth-order valence-corrected chi connectivity index (χ4v) is 3.05. The largest absolute Gasteiger partial charge is 0.480 e. The van der Waals surface area contributed by atoms with Crippen molar-refractivity contribution in [1.29, 1.82) is 0 Å². The summed E-state index contributed by atoms with van der Waals surface area (Å²) in [5, 5.41) is 18.1. The Kier molecular flexibility index (Phi) is 3.90. The molecule has 1 aliphatic carbocycles. The topological polar surface area (TPSA) is 77.8 Å². The van der Waals surface area contributed by atoms with E-state index in [2.05, 4.69) is 0 Å². The first-order chi connectivity index (χ1) is 8.62. The summed E-state index contributed by atoms with van der Waals surface area (Å²) in [7, 11) is 0. The minimum atomic E-state index is -1.14. The fraction of sp³-hybridized carbons (Fsp3) is 0.846. The molecule has 2 fully saturated rings. The van der Waals surface area contributed by atoms with Gasteiger partial charge in [0, 0.05) is 19.2 Å². The van der Waals surface area contributed by atoms with Crippen molar-refractivity contribution in [2.24, 2.45) is 5.41 Å². The molecule has 102 valence electrons. The summed E-state index contributed by atoms with van der Waals surface area (Å²) in [4.78, 5) is 25.5. The molecule has 0 radical (unpaired) electrons. The lowest BCUT2D eigenvalue weighted by atomic mass is 9.67. The van der Waals surface area contributed by atoms with Gasteiger partial charge >= 0.3 is 5.97 Å². The first-order valence-electron chi connectivity index (χ1n) is 6.77. The van der Waals surface area contributed by atoms with Gasteiger partial charge in [0.1, 0.15) is 5.41 Å². The molecule has 0 aromatic rings. The maximum Gasteiger partial charge on any atom is 0.319 e. The van der Waals surface area contributed by atoms with Crippen LogP contribution in [0.25, 0.3) is 0 Å². The number of carboxylic acids is 1. The van der Waals surface area contributed by atoms with Gasteiger partial charge in [-0.25, -0.2) is 0 Å². The van der Waals surface area contributed by atoms with Crippen LogP contribution in [0.3, 0.4) is 0 Å². The molecule has 1 atom stereocenters. The summed E-state index contributed by atoms with van der Waals surface area (Å²) in [6.45, 7) is 0.798. The van der Waals surface area contributed by atoms with Crippen molar-refractivity contribution >= 4 is 11.9 Å². The highest BCUT2D eigenvalue weighted by Gasteiger charge is 2.54. The molecule has 0 aromatic carbocycles. The van der Waals surface area contributed by atoms with Crippen LogP contribution in [0.4, 0.5) is 0 Å². The van der Waals surface area contributed by atoms with Gasteiger partial charge in [0.25, 0.3) is 0 Å². The molecule has 2 N–H and O–H groups in total. The zero-order chi connectivity index (χ0) is 13.2. The van der Waals surface area contributed by atoms with Crippen molar-refractivity contribution in [3.8, 4) is 0 Å². The summed E-state index contributed by atoms with van der Waals surface area (Å²) in [6.07, 6.45) is 5.10. The highest BCUT2D eigenvalue weighted by atomic mass is 16.4. The summed E-state index contributed by atoms with van der Waals surface area (Å²) >= 11 is 0. The lowest BCUT2D eigenvalue weighted by molar-refractivity contribution is -0.168. The third kappa shape index (κ3) is 2.11. The van der Waals surface area contributed by atoms with Gasteiger partial charge in [-0.1, -0.05) is 6.42 Å². The second-order valence-corrected chi connectivity index (χ2v) is 5.40. The number of carboxylic acid groups (broad SMARTS) is 1. The van der Waals surface area contributed by atoms with Crippen molar-refractivity contribution in [3.05, 3.63) is 0 Å². The standard InChI is InChI=1S/C13H21NO4/c15-9-2-5-10-4-1-8-14(10)11(16)13(12(17)18)6-3-7-13/h10,15H,1-9H2,(H,17,18). The third-order valence-corrected chi connectivity index (χ3v) is 4.36. The van der Waals surface area contributed by atoms with Crippen molar-refractivity contribution in [3.63, 3.8) is 0 Å². The van der Waals surface area contributed by atoms with E-state index in [1.165, 1.54) is 0 Å². The summed E-state index contributed by atoms with van der Waals surface area (Å²) in [5.41, 5.74) is -1.14. The Morgan fingerprint density at radius 2 is 2.00 bits per heavy atom. The normalized spacial score (nSPS) is 25.8. The van der Waals surface area contributed by atoms with Crippen LogP contribution in [0.2, 0.25) is 0 Å². The zero-order valence-corrected chi connectivity index (χ0v) is 10.6. The van der Waals surface area contributed by atoms with Crippen LogP contribution < -0.4 is 0 Å². The van der Waals surface area contributed by atoms with Gasteiger partial charge in [-0.05, 0) is 38.5 Å². The molecule has 0 spiro atoms. The first-order valence-corrected chi connectivity index (χ1v) is 6.77. The number of carbonyl (C=O) groups is 2. The SMILES string of the molecule is O=C(O)C1(C(=O)N2CCCC2CCCO)CCC1. The summed E-state index contributed by atoms with van der Waals surface area (Å²) < 4.78 is 0. The molecule has 18 heavy (non-hydrogen) atoms. The van der Waals surface area contributed by atoms with E-state index in [1.807, 2.05) is 0 Å². The van der Waals surface area contributed by atoms with E-state index in [1.54, 1.807) is 4.90 Å². The van der Waals surface area contributed by atoms with Crippen molar-refractivity contribution in [2.45, 2.75) is 51.0 Å². The van der Waals surface area contributed by atoms with Crippen molar-refractivity contribution in [2.75, 3.05) is 13.2 Å². The van der Waals surface area contributed by atoms with E-state index in [0.717, 1.165) is 25.7 Å². The minimum absolute atomic E-state index is 0.126. The second kappa shape index (κ2) is 5.26. The van der Waals surface area contributed by atoms with E-state index in [-0.39, 0.29) is 18.6 Å². The number of carbonyl (C=O) groups excluding carboxylic acids is 1. The molecule has 0 bridgehead atoms. The van der Waals surface area contributed by atoms with Crippen LogP contribution >= 0.6 is 0 Å². The van der Waals surface area contributed by atoms with Crippen LogP contribution in [0, 0.1) is 5.41 Å². The predicted octanol–water partition coefficient (Wildman–Crippen LogP) is 1.00. The van der Waals surface area contributed by atoms with Crippen molar-refractivity contribution in [1.82, 2.24) is 4.90 Å². The number of likely N-dealkylation sites (tertiary alicyclic amines) is 1. The minimum Gasteiger partial charge on any atom is -0.480 e. The predicted molar refractivity (Wildman–Crippen MR) is 65.0 cm³/mol. The molecular formula is C13H21NO4. The molecule has 1 saturated carbocycles. The summed E-state index contributed by atoms with van der Waals surface area (Å²) in [6, 6.07) is 0.126. The van der Waals surface area contributed by atoms with E-state index in [9.17, 15) is 14.7 Å². The number of aliphatic hydroxyl groups is 1. The average Bonchev–Trinajstić information content (AvgIpc) is 2.71. The molecule has 2 rings (SSSR count). The molecular weight excluding hydrogens is 234 g/mol. The Balaban J connectivity index is 2.05. The highest BCUT2D eigenvalue weighted by Crippen LogP contribution is 2.44. The molecule has 5 nitrogen and oxygen atoms in total. The van der Waals surface area contributed by atoms with E-state index >= 15 is 0 Å². The number of aliphatic carboxylic acids is 1. The van der Waals surface area contributed by atoms with Crippen LogP contribution in [-0.2, 0) is 9.59 Å². The van der Waals surface area contributed by atoms with Crippen molar-refractivity contribution < 1.29 is 19.8 Å². The zero-order valence-electron chi connectivity index (χ0n) is 10.6. The van der Waals surface area contributed by atoms with Crippen LogP contribution in [-0.4, -0.2) is 46.2 Å². The molecule has 2 aliphatic rings. The molecule has 1 unspecified atom stereocenters. The molecule has 1 saturated heterocycles. The molecule has 5 heteroatoms. The maximum absolute atomic E-state index is 12.4. The van der Waals surface area contributed by atoms with Gasteiger partial charge in [0.15, 0.2) is 0 Å². The molecule has 0 aromatic heterocycles. The van der Waals surface area contributed by atoms with Gasteiger partial charge in [-0.2, -0.15) is 0 Å². The van der Waals surface area contributed by atoms with Crippen LogP contribution in [0.5, 0.6) is 0 Å². The lowest BCUT2D eigenvalue weighted by Gasteiger charge is -2.40. The number of hydrogen-bond donors (Lipinski definition) is 2. The van der Waals surface area contributed by atoms with E-state index < -0.39 is 11.4 Å². The van der Waals surface area contributed by atoms with Gasteiger partial charge in [0.05, 0.1) is 0 Å². The number of nitrogens with zero attached hydrogens (tertiary/aromatic N) is 1. The smallest absolute Gasteiger partial charge is 0.319 e. The third-order valence-electron chi connectivity index (χ3n) is 4.36. The number of rotatable bonds is 5. The highest BCUT2D eigenvalue weighted by molar-refractivity contribution is 6.03. The van der Waals surface area contributed by atoms with Gasteiger partial charge < -0.3 is 15.1 Å². The monoisotopic (exact) mass is 255 g/mol. The Hall–Kier alpha value is -1.10. The first kappa shape index (κ1) is 13.3. The Morgan fingerprint density at radius 1 is 1.28 bits per heavy atom. The average molecular weight is 255 g/mol. The second-order valence-electron chi connectivity index (χ2n) is 5.40. The van der Waals surface area contributed by atoms with Gasteiger partial charge in [-0.3, -0.25) is 9.59 Å². The lowest BCUT2D eigenvalue weighted by Crippen LogP contribution is -2.53. The quantitative estimate of drug-likeness (QED) is 0.719.